The van der Waals surface area contributed by atoms with Crippen LogP contribution in [0.4, 0.5) is 5.82 Å². The minimum absolute atomic E-state index is 0.645. The number of anilines is 1. The van der Waals surface area contributed by atoms with Crippen molar-refractivity contribution in [1.29, 1.82) is 0 Å². The van der Waals surface area contributed by atoms with Crippen molar-refractivity contribution in [2.45, 2.75) is 31.7 Å². The number of hydrogen-bond donors (Lipinski definition) is 0. The van der Waals surface area contributed by atoms with Crippen molar-refractivity contribution in [3.8, 4) is 0 Å². The molecule has 1 fully saturated rings. The summed E-state index contributed by atoms with van der Waals surface area (Å²) in [6.07, 6.45) is 6.57. The maximum absolute atomic E-state index is 5.84. The second kappa shape index (κ2) is 5.41. The first-order chi connectivity index (χ1) is 8.90. The first kappa shape index (κ1) is 12.2. The molecule has 0 unspecified atom stereocenters. The summed E-state index contributed by atoms with van der Waals surface area (Å²) < 4.78 is 0. The smallest absolute Gasteiger partial charge is 0.141 e. The summed E-state index contributed by atoms with van der Waals surface area (Å²) in [5.74, 6) is 1.80. The number of rotatable bonds is 5. The quantitative estimate of drug-likeness (QED) is 0.783. The summed E-state index contributed by atoms with van der Waals surface area (Å²) in [6.45, 7) is 0.996. The summed E-state index contributed by atoms with van der Waals surface area (Å²) in [5, 5.41) is 3.27. The molecule has 0 amide bonds. The maximum Gasteiger partial charge on any atom is 0.141 e. The number of alkyl halides is 1. The molecule has 3 nitrogen and oxygen atoms in total. The zero-order valence-electron chi connectivity index (χ0n) is 10.2. The molecule has 0 radical (unpaired) electrons. The van der Waals surface area contributed by atoms with E-state index in [1.54, 1.807) is 17.7 Å². The summed E-state index contributed by atoms with van der Waals surface area (Å²) in [7, 11) is 0. The van der Waals surface area contributed by atoms with E-state index in [0.717, 1.165) is 23.6 Å². The first-order valence-corrected chi connectivity index (χ1v) is 7.82. The van der Waals surface area contributed by atoms with Gasteiger partial charge in [-0.1, -0.05) is 0 Å². The molecule has 5 heteroatoms. The molecule has 1 aliphatic carbocycles. The lowest BCUT2D eigenvalue weighted by atomic mass is 9.91. The Morgan fingerprint density at radius 3 is 3.00 bits per heavy atom. The number of thiophene rings is 1. The Balaban J connectivity index is 1.94. The van der Waals surface area contributed by atoms with E-state index in [2.05, 4.69) is 26.3 Å². The molecule has 1 saturated carbocycles. The number of nitrogens with zero attached hydrogens (tertiary/aromatic N) is 3. The van der Waals surface area contributed by atoms with Gasteiger partial charge in [0.05, 0.1) is 5.39 Å². The van der Waals surface area contributed by atoms with Gasteiger partial charge in [0.2, 0.25) is 0 Å². The lowest BCUT2D eigenvalue weighted by molar-refractivity contribution is 0.384. The Bertz CT molecular complexity index is 524. The van der Waals surface area contributed by atoms with Crippen molar-refractivity contribution < 1.29 is 0 Å². The number of aromatic nitrogens is 2. The van der Waals surface area contributed by atoms with E-state index in [-0.39, 0.29) is 0 Å². The van der Waals surface area contributed by atoms with E-state index >= 15 is 0 Å². The van der Waals surface area contributed by atoms with Crippen LogP contribution in [0, 0.1) is 0 Å². The van der Waals surface area contributed by atoms with Gasteiger partial charge >= 0.3 is 0 Å². The van der Waals surface area contributed by atoms with Crippen molar-refractivity contribution in [1.82, 2.24) is 9.97 Å². The van der Waals surface area contributed by atoms with Gasteiger partial charge < -0.3 is 4.90 Å². The second-order valence-electron chi connectivity index (χ2n) is 4.66. The van der Waals surface area contributed by atoms with Gasteiger partial charge in [0, 0.05) is 18.5 Å². The molecule has 2 aromatic rings. The lowest BCUT2D eigenvalue weighted by Crippen LogP contribution is -2.41. The van der Waals surface area contributed by atoms with Crippen LogP contribution in [0.25, 0.3) is 10.2 Å². The van der Waals surface area contributed by atoms with Crippen LogP contribution < -0.4 is 4.90 Å². The van der Waals surface area contributed by atoms with E-state index in [4.69, 9.17) is 11.6 Å². The van der Waals surface area contributed by atoms with Crippen LogP contribution >= 0.6 is 22.9 Å². The molecule has 2 heterocycles. The highest BCUT2D eigenvalue weighted by Crippen LogP contribution is 2.33. The molecule has 0 spiro atoms. The average Bonchev–Trinajstić information content (AvgIpc) is 2.80. The summed E-state index contributed by atoms with van der Waals surface area (Å²) in [4.78, 5) is 12.3. The van der Waals surface area contributed by atoms with Gasteiger partial charge in [0.25, 0.3) is 0 Å². The Labute approximate surface area is 116 Å². The molecule has 0 atom stereocenters. The highest BCUT2D eigenvalue weighted by molar-refractivity contribution is 7.16. The van der Waals surface area contributed by atoms with Crippen LogP contribution in [0.2, 0.25) is 0 Å². The van der Waals surface area contributed by atoms with E-state index in [1.165, 1.54) is 24.6 Å². The largest absolute Gasteiger partial charge is 0.353 e. The molecular formula is C13H16ClN3S. The van der Waals surface area contributed by atoms with E-state index in [9.17, 15) is 0 Å². The average molecular weight is 282 g/mol. The van der Waals surface area contributed by atoms with Gasteiger partial charge in [-0.05, 0) is 37.1 Å². The topological polar surface area (TPSA) is 29.0 Å². The van der Waals surface area contributed by atoms with Gasteiger partial charge in [-0.2, -0.15) is 0 Å². The second-order valence-corrected chi connectivity index (χ2v) is 5.93. The molecule has 96 valence electrons. The fraction of sp³-hybridized carbons (Fsp3) is 0.538. The third-order valence-corrected chi connectivity index (χ3v) is 4.65. The van der Waals surface area contributed by atoms with Crippen LogP contribution in [0.1, 0.15) is 25.7 Å². The zero-order chi connectivity index (χ0) is 12.4. The van der Waals surface area contributed by atoms with Crippen LogP contribution in [-0.2, 0) is 0 Å². The van der Waals surface area contributed by atoms with Crippen LogP contribution in [0.15, 0.2) is 17.8 Å². The number of hydrogen-bond acceptors (Lipinski definition) is 4. The molecule has 0 aromatic carbocycles. The highest BCUT2D eigenvalue weighted by atomic mass is 35.5. The fourth-order valence-corrected chi connectivity index (χ4v) is 3.24. The third-order valence-electron chi connectivity index (χ3n) is 3.56. The molecule has 18 heavy (non-hydrogen) atoms. The van der Waals surface area contributed by atoms with Gasteiger partial charge in [-0.3, -0.25) is 0 Å². The number of fused-ring (bicyclic) bond motifs is 1. The number of halogens is 1. The minimum Gasteiger partial charge on any atom is -0.353 e. The monoisotopic (exact) mass is 281 g/mol. The maximum atomic E-state index is 5.84. The molecule has 2 aromatic heterocycles. The predicted octanol–water partition coefficient (Wildman–Crippen LogP) is 3.68. The summed E-state index contributed by atoms with van der Waals surface area (Å²) in [5.41, 5.74) is 0. The van der Waals surface area contributed by atoms with Crippen LogP contribution in [-0.4, -0.2) is 28.4 Å². The summed E-state index contributed by atoms with van der Waals surface area (Å²) >= 11 is 7.51. The fourth-order valence-electron chi connectivity index (χ4n) is 2.40. The van der Waals surface area contributed by atoms with Crippen molar-refractivity contribution in [3.05, 3.63) is 17.8 Å². The first-order valence-electron chi connectivity index (χ1n) is 6.41. The predicted molar refractivity (Wildman–Crippen MR) is 77.7 cm³/mol. The molecule has 0 aliphatic heterocycles. The van der Waals surface area contributed by atoms with Crippen LogP contribution in [0.3, 0.4) is 0 Å². The standard InChI is InChI=1S/C13H16ClN3S/c14-6-2-7-17(10-3-1-4-10)12-11-5-8-18-13(11)16-9-15-12/h5,8-10H,1-4,6-7H2. The SMILES string of the molecule is ClCCCN(c1ncnc2sccc12)C1CCC1. The molecular weight excluding hydrogens is 266 g/mol. The Hall–Kier alpha value is -0.870. The van der Waals surface area contributed by atoms with Gasteiger partial charge in [0.1, 0.15) is 17.0 Å². The molecule has 0 N–H and O–H groups in total. The zero-order valence-corrected chi connectivity index (χ0v) is 11.8. The van der Waals surface area contributed by atoms with E-state index in [0.29, 0.717) is 11.9 Å². The van der Waals surface area contributed by atoms with Crippen LogP contribution in [0.5, 0.6) is 0 Å². The molecule has 3 rings (SSSR count). The molecule has 0 saturated heterocycles. The normalized spacial score (nSPS) is 15.8. The highest BCUT2D eigenvalue weighted by Gasteiger charge is 2.26. The Morgan fingerprint density at radius 1 is 1.39 bits per heavy atom. The van der Waals surface area contributed by atoms with Crippen molar-refractivity contribution >= 4 is 39.0 Å². The van der Waals surface area contributed by atoms with Crippen molar-refractivity contribution in [2.75, 3.05) is 17.3 Å². The van der Waals surface area contributed by atoms with E-state index < -0.39 is 0 Å². The summed E-state index contributed by atoms with van der Waals surface area (Å²) in [6, 6.07) is 2.77. The Morgan fingerprint density at radius 2 is 2.28 bits per heavy atom. The van der Waals surface area contributed by atoms with E-state index in [1.807, 2.05) is 0 Å². The lowest BCUT2D eigenvalue weighted by Gasteiger charge is -2.38. The minimum atomic E-state index is 0.645. The van der Waals surface area contributed by atoms with Gasteiger partial charge in [-0.25, -0.2) is 9.97 Å². The third kappa shape index (κ3) is 2.19. The van der Waals surface area contributed by atoms with Crippen molar-refractivity contribution in [3.63, 3.8) is 0 Å². The van der Waals surface area contributed by atoms with Gasteiger partial charge in [-0.15, -0.1) is 22.9 Å². The Kier molecular flexibility index (Phi) is 3.66. The van der Waals surface area contributed by atoms with Crippen molar-refractivity contribution in [2.24, 2.45) is 0 Å². The molecule has 0 bridgehead atoms. The molecule has 1 aliphatic rings. The van der Waals surface area contributed by atoms with Gasteiger partial charge in [0.15, 0.2) is 0 Å².